The second-order valence-corrected chi connectivity index (χ2v) is 5.59. The Morgan fingerprint density at radius 1 is 1.36 bits per heavy atom. The maximum atomic E-state index is 3.71. The minimum atomic E-state index is 0.611. The highest BCUT2D eigenvalue weighted by Gasteiger charge is 2.36. The first kappa shape index (κ1) is 8.81. The van der Waals surface area contributed by atoms with Crippen LogP contribution in [0.3, 0.4) is 0 Å². The Labute approximate surface area is 89.3 Å². The van der Waals surface area contributed by atoms with Crippen molar-refractivity contribution in [2.45, 2.75) is 30.7 Å². The number of nitrogens with one attached hydrogen (secondary N) is 1. The van der Waals surface area contributed by atoms with Crippen molar-refractivity contribution in [2.75, 3.05) is 5.75 Å². The van der Waals surface area contributed by atoms with Gasteiger partial charge in [0.1, 0.15) is 0 Å². The van der Waals surface area contributed by atoms with Crippen LogP contribution in [-0.4, -0.2) is 17.0 Å². The van der Waals surface area contributed by atoms with Crippen LogP contribution in [0.1, 0.15) is 24.1 Å². The van der Waals surface area contributed by atoms with Gasteiger partial charge in [-0.05, 0) is 24.5 Å². The van der Waals surface area contributed by atoms with E-state index in [0.29, 0.717) is 12.1 Å². The monoisotopic (exact) mass is 205 g/mol. The molecule has 1 aromatic rings. The molecule has 3 unspecified atom stereocenters. The minimum absolute atomic E-state index is 0.611. The molecule has 1 aliphatic carbocycles. The third kappa shape index (κ3) is 1.29. The Hall–Kier alpha value is -0.470. The van der Waals surface area contributed by atoms with Gasteiger partial charge in [0.25, 0.3) is 0 Å². The van der Waals surface area contributed by atoms with Crippen LogP contribution in [0.25, 0.3) is 0 Å². The Balaban J connectivity index is 1.97. The molecule has 2 aliphatic rings. The maximum Gasteiger partial charge on any atom is 0.0448 e. The molecule has 1 fully saturated rings. The first-order chi connectivity index (χ1) is 6.84. The van der Waals surface area contributed by atoms with Crippen molar-refractivity contribution in [3.63, 3.8) is 0 Å². The Bertz CT molecular complexity index is 350. The molecule has 1 saturated heterocycles. The van der Waals surface area contributed by atoms with Gasteiger partial charge in [-0.2, -0.15) is 11.8 Å². The summed E-state index contributed by atoms with van der Waals surface area (Å²) < 4.78 is 0. The number of fused-ring (bicyclic) bond motifs is 3. The van der Waals surface area contributed by atoms with Gasteiger partial charge in [-0.25, -0.2) is 0 Å². The van der Waals surface area contributed by atoms with E-state index in [9.17, 15) is 0 Å². The summed E-state index contributed by atoms with van der Waals surface area (Å²) in [5, 5.41) is 4.49. The van der Waals surface area contributed by atoms with E-state index in [-0.39, 0.29) is 0 Å². The van der Waals surface area contributed by atoms with Crippen molar-refractivity contribution in [3.8, 4) is 0 Å². The molecule has 0 bridgehead atoms. The second-order valence-electron chi connectivity index (χ2n) is 4.32. The van der Waals surface area contributed by atoms with Gasteiger partial charge in [0.15, 0.2) is 0 Å². The lowest BCUT2D eigenvalue weighted by atomic mass is 10.1. The van der Waals surface area contributed by atoms with E-state index < -0.39 is 0 Å². The fraction of sp³-hybridized carbons (Fsp3) is 0.500. The fourth-order valence-corrected chi connectivity index (χ4v) is 3.88. The summed E-state index contributed by atoms with van der Waals surface area (Å²) in [6.07, 6.45) is 1.26. The number of rotatable bonds is 0. The standard InChI is InChI=1S/C12H15NS/c1-8-7-14-11-6-9-4-2-3-5-10(9)12(11)13-8/h2-5,8,11-13H,6-7H2,1H3. The summed E-state index contributed by atoms with van der Waals surface area (Å²) in [6, 6.07) is 10.1. The van der Waals surface area contributed by atoms with Crippen LogP contribution >= 0.6 is 11.8 Å². The van der Waals surface area contributed by atoms with Crippen molar-refractivity contribution in [1.82, 2.24) is 5.32 Å². The Kier molecular flexibility index (Phi) is 2.06. The molecule has 1 nitrogen and oxygen atoms in total. The molecule has 0 aromatic heterocycles. The maximum absolute atomic E-state index is 3.71. The average molecular weight is 205 g/mol. The zero-order valence-corrected chi connectivity index (χ0v) is 9.18. The summed E-state index contributed by atoms with van der Waals surface area (Å²) >= 11 is 2.14. The van der Waals surface area contributed by atoms with Gasteiger partial charge >= 0.3 is 0 Å². The minimum Gasteiger partial charge on any atom is -0.306 e. The molecule has 1 aliphatic heterocycles. The lowest BCUT2D eigenvalue weighted by Gasteiger charge is -2.31. The normalized spacial score (nSPS) is 35.1. The van der Waals surface area contributed by atoms with Gasteiger partial charge in [0, 0.05) is 23.1 Å². The van der Waals surface area contributed by atoms with Crippen LogP contribution in [0.15, 0.2) is 24.3 Å². The summed E-state index contributed by atoms with van der Waals surface area (Å²) in [5.74, 6) is 1.26. The van der Waals surface area contributed by atoms with E-state index in [4.69, 9.17) is 0 Å². The van der Waals surface area contributed by atoms with Gasteiger partial charge in [0.2, 0.25) is 0 Å². The predicted octanol–water partition coefficient (Wildman–Crippen LogP) is 2.38. The van der Waals surface area contributed by atoms with E-state index in [0.717, 1.165) is 5.25 Å². The zero-order chi connectivity index (χ0) is 9.54. The molecular weight excluding hydrogens is 190 g/mol. The molecule has 1 N–H and O–H groups in total. The van der Waals surface area contributed by atoms with Gasteiger partial charge in [-0.3, -0.25) is 0 Å². The van der Waals surface area contributed by atoms with Crippen LogP contribution in [-0.2, 0) is 6.42 Å². The van der Waals surface area contributed by atoms with E-state index >= 15 is 0 Å². The van der Waals surface area contributed by atoms with Crippen LogP contribution in [0.4, 0.5) is 0 Å². The SMILES string of the molecule is CC1CSC2Cc3ccccc3C2N1. The first-order valence-electron chi connectivity index (χ1n) is 5.30. The summed E-state index contributed by atoms with van der Waals surface area (Å²) in [5.41, 5.74) is 3.09. The average Bonchev–Trinajstić information content (AvgIpc) is 2.56. The smallest absolute Gasteiger partial charge is 0.0448 e. The summed E-state index contributed by atoms with van der Waals surface area (Å²) in [6.45, 7) is 2.28. The molecule has 0 spiro atoms. The lowest BCUT2D eigenvalue weighted by molar-refractivity contribution is 0.470. The zero-order valence-electron chi connectivity index (χ0n) is 8.36. The van der Waals surface area contributed by atoms with Crippen molar-refractivity contribution in [1.29, 1.82) is 0 Å². The molecule has 0 amide bonds. The highest BCUT2D eigenvalue weighted by Crippen LogP contribution is 2.41. The number of hydrogen-bond acceptors (Lipinski definition) is 2. The van der Waals surface area contributed by atoms with Crippen LogP contribution < -0.4 is 5.32 Å². The quantitative estimate of drug-likeness (QED) is 0.698. The molecule has 2 heteroatoms. The summed E-state index contributed by atoms with van der Waals surface area (Å²) in [7, 11) is 0. The molecule has 1 aromatic carbocycles. The number of thioether (sulfide) groups is 1. The van der Waals surface area contributed by atoms with E-state index in [2.05, 4.69) is 48.3 Å². The topological polar surface area (TPSA) is 12.0 Å². The first-order valence-corrected chi connectivity index (χ1v) is 6.35. The van der Waals surface area contributed by atoms with E-state index in [1.165, 1.54) is 17.7 Å². The molecule has 1 heterocycles. The van der Waals surface area contributed by atoms with Gasteiger partial charge in [-0.15, -0.1) is 0 Å². The van der Waals surface area contributed by atoms with Crippen molar-refractivity contribution >= 4 is 11.8 Å². The second kappa shape index (κ2) is 3.28. The van der Waals surface area contributed by atoms with E-state index in [1.807, 2.05) is 0 Å². The molecule has 0 radical (unpaired) electrons. The van der Waals surface area contributed by atoms with Crippen LogP contribution in [0.5, 0.6) is 0 Å². The molecular formula is C12H15NS. The molecule has 74 valence electrons. The van der Waals surface area contributed by atoms with Crippen molar-refractivity contribution in [3.05, 3.63) is 35.4 Å². The summed E-state index contributed by atoms with van der Waals surface area (Å²) in [4.78, 5) is 0. The van der Waals surface area contributed by atoms with Gasteiger partial charge in [0.05, 0.1) is 0 Å². The Morgan fingerprint density at radius 3 is 3.14 bits per heavy atom. The number of benzene rings is 1. The van der Waals surface area contributed by atoms with Crippen LogP contribution in [0, 0.1) is 0 Å². The van der Waals surface area contributed by atoms with Crippen LogP contribution in [0.2, 0.25) is 0 Å². The van der Waals surface area contributed by atoms with Gasteiger partial charge < -0.3 is 5.32 Å². The third-order valence-corrected chi connectivity index (χ3v) is 4.77. The largest absolute Gasteiger partial charge is 0.306 e. The molecule has 3 rings (SSSR count). The Morgan fingerprint density at radius 2 is 2.21 bits per heavy atom. The lowest BCUT2D eigenvalue weighted by Crippen LogP contribution is -2.40. The highest BCUT2D eigenvalue weighted by molar-refractivity contribution is 8.00. The van der Waals surface area contributed by atoms with Gasteiger partial charge in [-0.1, -0.05) is 24.3 Å². The highest BCUT2D eigenvalue weighted by atomic mass is 32.2. The third-order valence-electron chi connectivity index (χ3n) is 3.21. The van der Waals surface area contributed by atoms with Crippen molar-refractivity contribution < 1.29 is 0 Å². The molecule has 0 saturated carbocycles. The fourth-order valence-electron chi connectivity index (χ4n) is 2.53. The number of hydrogen-bond donors (Lipinski definition) is 1. The van der Waals surface area contributed by atoms with Crippen molar-refractivity contribution in [2.24, 2.45) is 0 Å². The molecule has 14 heavy (non-hydrogen) atoms. The van der Waals surface area contributed by atoms with E-state index in [1.54, 1.807) is 5.56 Å². The predicted molar refractivity (Wildman–Crippen MR) is 61.7 cm³/mol. The molecule has 3 atom stereocenters.